The van der Waals surface area contributed by atoms with Crippen molar-refractivity contribution in [2.24, 2.45) is 11.1 Å². The number of nitrogens with two attached hydrogens (primary N) is 1. The van der Waals surface area contributed by atoms with E-state index in [4.69, 9.17) is 15.2 Å². The van der Waals surface area contributed by atoms with Gasteiger partial charge < -0.3 is 20.1 Å². The molecule has 3 aliphatic heterocycles. The average Bonchev–Trinajstić information content (AvgIpc) is 3.34. The Morgan fingerprint density at radius 2 is 1.92 bits per heavy atom. The standard InChI is InChI=1S/C29H33FN2O5/c1-5-36-25(34)22-24(31)37-20-14-27(3,4)13-19(33)21(20)29(22)18-11-16(30)10-17-15(2)12-28(8-6-7-9-28)32(23(17)18)26(29)35/h10-11,15H,5-9,12-14,31H2,1-4H3. The molecule has 196 valence electrons. The fourth-order valence-corrected chi connectivity index (χ4v) is 7.80. The molecule has 1 saturated carbocycles. The van der Waals surface area contributed by atoms with Gasteiger partial charge in [0.05, 0.1) is 17.9 Å². The minimum atomic E-state index is -1.90. The predicted molar refractivity (Wildman–Crippen MR) is 134 cm³/mol. The van der Waals surface area contributed by atoms with Gasteiger partial charge in [0, 0.05) is 23.9 Å². The van der Waals surface area contributed by atoms with Crippen molar-refractivity contribution in [2.45, 2.75) is 89.5 Å². The predicted octanol–water partition coefficient (Wildman–Crippen LogP) is 4.64. The monoisotopic (exact) mass is 508 g/mol. The van der Waals surface area contributed by atoms with Crippen LogP contribution < -0.4 is 10.6 Å². The minimum Gasteiger partial charge on any atom is -0.462 e. The minimum absolute atomic E-state index is 0.00315. The van der Waals surface area contributed by atoms with Gasteiger partial charge in [-0.25, -0.2) is 9.18 Å². The molecule has 37 heavy (non-hydrogen) atoms. The first-order valence-electron chi connectivity index (χ1n) is 13.3. The molecule has 1 amide bonds. The highest BCUT2D eigenvalue weighted by molar-refractivity contribution is 6.24. The molecule has 8 heteroatoms. The van der Waals surface area contributed by atoms with Crippen molar-refractivity contribution in [2.75, 3.05) is 11.5 Å². The maximum absolute atomic E-state index is 15.4. The number of rotatable bonds is 2. The lowest BCUT2D eigenvalue weighted by Crippen LogP contribution is -2.58. The number of anilines is 1. The molecule has 0 saturated heterocycles. The number of ether oxygens (including phenoxy) is 2. The average molecular weight is 509 g/mol. The molecule has 1 fully saturated rings. The van der Waals surface area contributed by atoms with Crippen molar-refractivity contribution >= 4 is 23.3 Å². The zero-order valence-electron chi connectivity index (χ0n) is 21.8. The van der Waals surface area contributed by atoms with E-state index in [9.17, 15) is 9.59 Å². The van der Waals surface area contributed by atoms with Crippen LogP contribution in [0.15, 0.2) is 34.9 Å². The van der Waals surface area contributed by atoms with E-state index in [0.29, 0.717) is 24.1 Å². The number of amides is 1. The molecule has 2 N–H and O–H groups in total. The molecule has 2 unspecified atom stereocenters. The smallest absolute Gasteiger partial charge is 0.341 e. The van der Waals surface area contributed by atoms with Gasteiger partial charge in [-0.15, -0.1) is 0 Å². The first kappa shape index (κ1) is 24.2. The van der Waals surface area contributed by atoms with Gasteiger partial charge in [0.15, 0.2) is 5.78 Å². The van der Waals surface area contributed by atoms with Crippen LogP contribution in [0.4, 0.5) is 10.1 Å². The summed E-state index contributed by atoms with van der Waals surface area (Å²) < 4.78 is 26.7. The second kappa shape index (κ2) is 7.68. The number of hydrogen-bond acceptors (Lipinski definition) is 6. The quantitative estimate of drug-likeness (QED) is 0.585. The number of benzene rings is 1. The van der Waals surface area contributed by atoms with Gasteiger partial charge in [0.1, 0.15) is 22.6 Å². The summed E-state index contributed by atoms with van der Waals surface area (Å²) >= 11 is 0. The highest BCUT2D eigenvalue weighted by Gasteiger charge is 2.68. The zero-order valence-corrected chi connectivity index (χ0v) is 21.8. The maximum Gasteiger partial charge on any atom is 0.341 e. The van der Waals surface area contributed by atoms with Crippen LogP contribution in [0.2, 0.25) is 0 Å². The van der Waals surface area contributed by atoms with Gasteiger partial charge >= 0.3 is 5.97 Å². The van der Waals surface area contributed by atoms with Gasteiger partial charge in [-0.3, -0.25) is 9.59 Å². The second-order valence-electron chi connectivity index (χ2n) is 12.1. The van der Waals surface area contributed by atoms with Gasteiger partial charge in [-0.1, -0.05) is 33.6 Å². The Hall–Kier alpha value is -3.16. The summed E-state index contributed by atoms with van der Waals surface area (Å²) in [6.07, 6.45) is 4.80. The molecule has 7 nitrogen and oxygen atoms in total. The van der Waals surface area contributed by atoms with E-state index in [2.05, 4.69) is 6.92 Å². The molecule has 5 aliphatic rings. The van der Waals surface area contributed by atoms with E-state index < -0.39 is 34.1 Å². The maximum atomic E-state index is 15.4. The number of carbonyl (C=O) groups excluding carboxylic acids is 3. The first-order chi connectivity index (χ1) is 17.5. The Kier molecular flexibility index (Phi) is 5.02. The molecule has 0 bridgehead atoms. The summed E-state index contributed by atoms with van der Waals surface area (Å²) in [7, 11) is 0. The van der Waals surface area contributed by atoms with Crippen LogP contribution in [0.3, 0.4) is 0 Å². The summed E-state index contributed by atoms with van der Waals surface area (Å²) in [5.41, 5.74) is 5.18. The van der Waals surface area contributed by atoms with E-state index >= 15 is 9.18 Å². The van der Waals surface area contributed by atoms with E-state index in [-0.39, 0.29) is 47.5 Å². The van der Waals surface area contributed by atoms with Crippen LogP contribution in [0.5, 0.6) is 0 Å². The molecular formula is C29H33FN2O5. The number of nitrogens with zero attached hydrogens (tertiary/aromatic N) is 1. The molecule has 6 rings (SSSR count). The van der Waals surface area contributed by atoms with Crippen LogP contribution in [0, 0.1) is 11.2 Å². The van der Waals surface area contributed by atoms with Crippen molar-refractivity contribution in [1.82, 2.24) is 0 Å². The lowest BCUT2D eigenvalue weighted by molar-refractivity contribution is -0.141. The fourth-order valence-electron chi connectivity index (χ4n) is 7.80. The van der Waals surface area contributed by atoms with Crippen molar-refractivity contribution in [3.05, 3.63) is 51.9 Å². The fraction of sp³-hybridized carbons (Fsp3) is 0.552. The summed E-state index contributed by atoms with van der Waals surface area (Å²) in [4.78, 5) is 44.3. The van der Waals surface area contributed by atoms with Crippen molar-refractivity contribution in [1.29, 1.82) is 0 Å². The van der Waals surface area contributed by atoms with Gasteiger partial charge in [-0.05, 0) is 55.2 Å². The number of halogens is 1. The molecule has 1 aromatic carbocycles. The third-order valence-electron chi connectivity index (χ3n) is 9.03. The van der Waals surface area contributed by atoms with E-state index in [1.807, 2.05) is 13.8 Å². The lowest BCUT2D eigenvalue weighted by atomic mass is 9.61. The van der Waals surface area contributed by atoms with E-state index in [0.717, 1.165) is 31.2 Å². The number of ketones is 1. The Morgan fingerprint density at radius 1 is 1.22 bits per heavy atom. The molecular weight excluding hydrogens is 475 g/mol. The lowest BCUT2D eigenvalue weighted by Gasteiger charge is -2.47. The van der Waals surface area contributed by atoms with Crippen LogP contribution >= 0.6 is 0 Å². The molecule has 0 radical (unpaired) electrons. The topological polar surface area (TPSA) is 98.9 Å². The number of Topliss-reactive ketones (excluding diaryl/α,β-unsaturated/α-hetero) is 1. The molecule has 0 aromatic heterocycles. The Morgan fingerprint density at radius 3 is 2.59 bits per heavy atom. The third-order valence-corrected chi connectivity index (χ3v) is 9.03. The summed E-state index contributed by atoms with van der Waals surface area (Å²) in [6, 6.07) is 2.80. The summed E-state index contributed by atoms with van der Waals surface area (Å²) in [5, 5.41) is 0. The highest BCUT2D eigenvalue weighted by Crippen LogP contribution is 2.64. The number of allylic oxidation sites excluding steroid dienone is 1. The molecule has 3 heterocycles. The Balaban J connectivity index is 1.74. The molecule has 2 atom stereocenters. The van der Waals surface area contributed by atoms with Crippen LogP contribution in [0.25, 0.3) is 0 Å². The van der Waals surface area contributed by atoms with Crippen molar-refractivity contribution < 1.29 is 28.2 Å². The normalized spacial score (nSPS) is 29.1. The molecule has 2 aliphatic carbocycles. The molecule has 1 aromatic rings. The van der Waals surface area contributed by atoms with Crippen LogP contribution in [0.1, 0.15) is 89.7 Å². The van der Waals surface area contributed by atoms with E-state index in [1.54, 1.807) is 11.8 Å². The van der Waals surface area contributed by atoms with Crippen molar-refractivity contribution in [3.8, 4) is 0 Å². The third kappa shape index (κ3) is 3.01. The first-order valence-corrected chi connectivity index (χ1v) is 13.3. The van der Waals surface area contributed by atoms with Crippen molar-refractivity contribution in [3.63, 3.8) is 0 Å². The highest BCUT2D eigenvalue weighted by atomic mass is 19.1. The van der Waals surface area contributed by atoms with Crippen LogP contribution in [-0.2, 0) is 29.3 Å². The van der Waals surface area contributed by atoms with Gasteiger partial charge in [0.25, 0.3) is 0 Å². The van der Waals surface area contributed by atoms with Gasteiger partial charge in [0.2, 0.25) is 11.8 Å². The zero-order chi connectivity index (χ0) is 26.5. The van der Waals surface area contributed by atoms with E-state index in [1.165, 1.54) is 12.1 Å². The largest absolute Gasteiger partial charge is 0.462 e. The summed E-state index contributed by atoms with van der Waals surface area (Å²) in [6.45, 7) is 7.65. The number of esters is 1. The van der Waals surface area contributed by atoms with Crippen LogP contribution in [-0.4, -0.2) is 29.8 Å². The summed E-state index contributed by atoms with van der Waals surface area (Å²) in [5.74, 6) is -2.03. The number of carbonyl (C=O) groups is 3. The Labute approximate surface area is 215 Å². The molecule has 2 spiro atoms. The number of hydrogen-bond donors (Lipinski definition) is 1. The SMILES string of the molecule is CCOC(=O)C1=C(N)OC2=C(C(=O)CC(C)(C)C2)C12C(=O)N1c3c(cc(F)cc32)C(C)CC12CCCC2. The Bertz CT molecular complexity index is 1340. The number of fused-ring (bicyclic) bond motifs is 3. The van der Waals surface area contributed by atoms with Gasteiger partial charge in [-0.2, -0.15) is 0 Å². The second-order valence-corrected chi connectivity index (χ2v) is 12.1.